The molecule has 1 aliphatic rings. The van der Waals surface area contributed by atoms with Crippen molar-refractivity contribution in [2.45, 2.75) is 12.1 Å². The molecular formula is C26H30N2O2. The van der Waals surface area contributed by atoms with Gasteiger partial charge in [0.1, 0.15) is 12.4 Å². The number of aliphatic hydroxyl groups excluding tert-OH is 1. The highest BCUT2D eigenvalue weighted by Gasteiger charge is 2.31. The van der Waals surface area contributed by atoms with Crippen molar-refractivity contribution >= 4 is 0 Å². The van der Waals surface area contributed by atoms with E-state index in [1.165, 1.54) is 0 Å². The molecule has 156 valence electrons. The molecule has 30 heavy (non-hydrogen) atoms. The monoisotopic (exact) mass is 402 g/mol. The molecule has 1 saturated heterocycles. The quantitative estimate of drug-likeness (QED) is 0.614. The van der Waals surface area contributed by atoms with Gasteiger partial charge in [-0.2, -0.15) is 0 Å². The summed E-state index contributed by atoms with van der Waals surface area (Å²) in [6.45, 7) is 5.41. The average molecular weight is 403 g/mol. The number of aliphatic hydroxyl groups is 1. The minimum absolute atomic E-state index is 0.0451. The molecule has 2 atom stereocenters. The summed E-state index contributed by atoms with van der Waals surface area (Å²) in [5.74, 6) is 0.922. The maximum absolute atomic E-state index is 11.2. The normalized spacial score (nSPS) is 17.4. The van der Waals surface area contributed by atoms with Gasteiger partial charge in [0.05, 0.1) is 12.1 Å². The van der Waals surface area contributed by atoms with Crippen LogP contribution in [0.15, 0.2) is 91.0 Å². The molecular weight excluding hydrogens is 372 g/mol. The Morgan fingerprint density at radius 1 is 0.700 bits per heavy atom. The van der Waals surface area contributed by atoms with Gasteiger partial charge in [0.2, 0.25) is 0 Å². The topological polar surface area (TPSA) is 35.9 Å². The predicted octanol–water partition coefficient (Wildman–Crippen LogP) is 4.16. The van der Waals surface area contributed by atoms with Gasteiger partial charge in [0.15, 0.2) is 0 Å². The molecule has 1 heterocycles. The molecule has 1 aliphatic heterocycles. The molecule has 0 saturated carbocycles. The SMILES string of the molecule is OC(c1ccccc1)C(c1ccccc1)N1CCN(CCOc2ccccc2)CC1. The lowest BCUT2D eigenvalue weighted by molar-refractivity contribution is 0.0143. The first-order valence-electron chi connectivity index (χ1n) is 10.7. The Morgan fingerprint density at radius 2 is 1.23 bits per heavy atom. The first-order valence-corrected chi connectivity index (χ1v) is 10.7. The standard InChI is InChI=1S/C26H30N2O2/c29-26(23-12-6-2-7-13-23)25(22-10-4-1-5-11-22)28-18-16-27(17-19-28)20-21-30-24-14-8-3-9-15-24/h1-15,25-26,29H,16-21H2. The van der Waals surface area contributed by atoms with Crippen LogP contribution in [0.2, 0.25) is 0 Å². The van der Waals surface area contributed by atoms with E-state index >= 15 is 0 Å². The summed E-state index contributed by atoms with van der Waals surface area (Å²) in [6, 6.07) is 30.3. The van der Waals surface area contributed by atoms with Gasteiger partial charge in [-0.05, 0) is 23.3 Å². The summed E-state index contributed by atoms with van der Waals surface area (Å²) in [6.07, 6.45) is -0.554. The number of benzene rings is 3. The number of piperazine rings is 1. The molecule has 0 spiro atoms. The van der Waals surface area contributed by atoms with Crippen LogP contribution in [0.5, 0.6) is 5.75 Å². The molecule has 4 heteroatoms. The van der Waals surface area contributed by atoms with Gasteiger partial charge >= 0.3 is 0 Å². The third kappa shape index (κ3) is 5.28. The van der Waals surface area contributed by atoms with Crippen LogP contribution in [0, 0.1) is 0 Å². The minimum atomic E-state index is -0.554. The second-order valence-electron chi connectivity index (χ2n) is 7.75. The Labute approximate surface area is 179 Å². The zero-order valence-electron chi connectivity index (χ0n) is 17.3. The zero-order valence-corrected chi connectivity index (χ0v) is 17.3. The number of hydrogen-bond acceptors (Lipinski definition) is 4. The highest BCUT2D eigenvalue weighted by molar-refractivity contribution is 5.26. The minimum Gasteiger partial charge on any atom is -0.492 e. The number of nitrogens with zero attached hydrogens (tertiary/aromatic N) is 2. The van der Waals surface area contributed by atoms with Crippen LogP contribution >= 0.6 is 0 Å². The van der Waals surface area contributed by atoms with Crippen LogP contribution in [-0.2, 0) is 0 Å². The molecule has 0 bridgehead atoms. The van der Waals surface area contributed by atoms with E-state index in [9.17, 15) is 5.11 Å². The van der Waals surface area contributed by atoms with Crippen molar-refractivity contribution < 1.29 is 9.84 Å². The molecule has 1 N–H and O–H groups in total. The predicted molar refractivity (Wildman–Crippen MR) is 121 cm³/mol. The lowest BCUT2D eigenvalue weighted by Crippen LogP contribution is -2.49. The molecule has 4 nitrogen and oxygen atoms in total. The van der Waals surface area contributed by atoms with Gasteiger partial charge in [0, 0.05) is 32.7 Å². The Bertz CT molecular complexity index is 865. The van der Waals surface area contributed by atoms with Crippen molar-refractivity contribution in [3.05, 3.63) is 102 Å². The van der Waals surface area contributed by atoms with Crippen molar-refractivity contribution in [2.24, 2.45) is 0 Å². The Hall–Kier alpha value is -2.66. The summed E-state index contributed by atoms with van der Waals surface area (Å²) in [5.41, 5.74) is 2.12. The fraction of sp³-hybridized carbons (Fsp3) is 0.308. The maximum atomic E-state index is 11.2. The van der Waals surface area contributed by atoms with Crippen LogP contribution in [0.25, 0.3) is 0 Å². The van der Waals surface area contributed by atoms with Crippen molar-refractivity contribution in [3.63, 3.8) is 0 Å². The van der Waals surface area contributed by atoms with E-state index < -0.39 is 6.10 Å². The first-order chi connectivity index (χ1) is 14.8. The van der Waals surface area contributed by atoms with E-state index in [-0.39, 0.29) is 6.04 Å². The molecule has 3 aromatic carbocycles. The summed E-state index contributed by atoms with van der Waals surface area (Å²) >= 11 is 0. The third-order valence-electron chi connectivity index (χ3n) is 5.80. The van der Waals surface area contributed by atoms with E-state index in [0.29, 0.717) is 6.61 Å². The van der Waals surface area contributed by atoms with Crippen LogP contribution in [0.3, 0.4) is 0 Å². The van der Waals surface area contributed by atoms with Crippen molar-refractivity contribution in [1.82, 2.24) is 9.80 Å². The van der Waals surface area contributed by atoms with E-state index in [1.54, 1.807) is 0 Å². The van der Waals surface area contributed by atoms with Gasteiger partial charge in [-0.25, -0.2) is 0 Å². The van der Waals surface area contributed by atoms with Gasteiger partial charge in [-0.3, -0.25) is 9.80 Å². The van der Waals surface area contributed by atoms with Gasteiger partial charge in [-0.1, -0.05) is 78.9 Å². The van der Waals surface area contributed by atoms with Crippen molar-refractivity contribution in [2.75, 3.05) is 39.3 Å². The Balaban J connectivity index is 1.37. The molecule has 2 unspecified atom stereocenters. The highest BCUT2D eigenvalue weighted by Crippen LogP contribution is 2.34. The number of para-hydroxylation sites is 1. The van der Waals surface area contributed by atoms with Crippen molar-refractivity contribution in [1.29, 1.82) is 0 Å². The Morgan fingerprint density at radius 3 is 1.83 bits per heavy atom. The smallest absolute Gasteiger partial charge is 0.119 e. The summed E-state index contributed by atoms with van der Waals surface area (Å²) in [5, 5.41) is 11.2. The van der Waals surface area contributed by atoms with E-state index in [4.69, 9.17) is 4.74 Å². The molecule has 0 aromatic heterocycles. The summed E-state index contributed by atoms with van der Waals surface area (Å²) < 4.78 is 5.85. The van der Waals surface area contributed by atoms with Crippen LogP contribution in [0.1, 0.15) is 23.3 Å². The van der Waals surface area contributed by atoms with Crippen LogP contribution in [-0.4, -0.2) is 54.2 Å². The average Bonchev–Trinajstić information content (AvgIpc) is 2.82. The van der Waals surface area contributed by atoms with Gasteiger partial charge in [0.25, 0.3) is 0 Å². The first kappa shape index (κ1) is 20.6. The molecule has 4 rings (SSSR count). The second kappa shape index (κ2) is 10.4. The van der Waals surface area contributed by atoms with Gasteiger partial charge in [-0.15, -0.1) is 0 Å². The summed E-state index contributed by atoms with van der Waals surface area (Å²) in [4.78, 5) is 4.86. The fourth-order valence-corrected chi connectivity index (χ4v) is 4.15. The van der Waals surface area contributed by atoms with E-state index in [0.717, 1.165) is 49.6 Å². The fourth-order valence-electron chi connectivity index (χ4n) is 4.15. The summed E-state index contributed by atoms with van der Waals surface area (Å²) in [7, 11) is 0. The number of ether oxygens (including phenoxy) is 1. The number of rotatable bonds is 8. The molecule has 0 aliphatic carbocycles. The van der Waals surface area contributed by atoms with E-state index in [2.05, 4.69) is 34.1 Å². The third-order valence-corrected chi connectivity index (χ3v) is 5.80. The molecule has 3 aromatic rings. The van der Waals surface area contributed by atoms with Crippen LogP contribution in [0.4, 0.5) is 0 Å². The molecule has 0 amide bonds. The number of hydrogen-bond donors (Lipinski definition) is 1. The highest BCUT2D eigenvalue weighted by atomic mass is 16.5. The van der Waals surface area contributed by atoms with Crippen LogP contribution < -0.4 is 4.74 Å². The Kier molecular flexibility index (Phi) is 7.14. The lowest BCUT2D eigenvalue weighted by Gasteiger charge is -2.41. The molecule has 1 fully saturated rings. The maximum Gasteiger partial charge on any atom is 0.119 e. The second-order valence-corrected chi connectivity index (χ2v) is 7.75. The van der Waals surface area contributed by atoms with Gasteiger partial charge < -0.3 is 9.84 Å². The largest absolute Gasteiger partial charge is 0.492 e. The molecule has 0 radical (unpaired) electrons. The lowest BCUT2D eigenvalue weighted by atomic mass is 9.94. The van der Waals surface area contributed by atoms with Crippen molar-refractivity contribution in [3.8, 4) is 5.75 Å². The van der Waals surface area contributed by atoms with E-state index in [1.807, 2.05) is 66.7 Å². The zero-order chi connectivity index (χ0) is 20.6.